The van der Waals surface area contributed by atoms with Crippen LogP contribution in [0, 0.1) is 0 Å². The molecule has 0 aromatic carbocycles. The predicted molar refractivity (Wildman–Crippen MR) is 95.6 cm³/mol. The molecule has 0 fully saturated rings. The predicted octanol–water partition coefficient (Wildman–Crippen LogP) is 4.62. The van der Waals surface area contributed by atoms with Crippen molar-refractivity contribution in [2.75, 3.05) is 0 Å². The average Bonchev–Trinajstić information content (AvgIpc) is 3.38. The Bertz CT molecular complexity index is 976. The van der Waals surface area contributed by atoms with Gasteiger partial charge in [0.1, 0.15) is 0 Å². The SMILES string of the molecule is CCn1c(SCc2noc(-c3ccc(Cl)s3)n2)nnc1-c1ccco1. The Morgan fingerprint density at radius 3 is 2.92 bits per heavy atom. The monoisotopic (exact) mass is 393 g/mol. The van der Waals surface area contributed by atoms with E-state index in [0.29, 0.717) is 33.4 Å². The minimum atomic E-state index is 0.473. The highest BCUT2D eigenvalue weighted by molar-refractivity contribution is 7.98. The third-order valence-electron chi connectivity index (χ3n) is 3.36. The third-order valence-corrected chi connectivity index (χ3v) is 5.54. The molecule has 0 saturated carbocycles. The quantitative estimate of drug-likeness (QED) is 0.442. The molecule has 0 aliphatic rings. The Morgan fingerprint density at radius 1 is 1.28 bits per heavy atom. The second kappa shape index (κ2) is 7.03. The Hall–Kier alpha value is -2.10. The lowest BCUT2D eigenvalue weighted by molar-refractivity contribution is 0.426. The van der Waals surface area contributed by atoms with Gasteiger partial charge in [-0.25, -0.2) is 0 Å². The summed E-state index contributed by atoms with van der Waals surface area (Å²) in [7, 11) is 0. The van der Waals surface area contributed by atoms with Crippen molar-refractivity contribution < 1.29 is 8.94 Å². The van der Waals surface area contributed by atoms with Crippen LogP contribution in [0.2, 0.25) is 4.34 Å². The van der Waals surface area contributed by atoms with Crippen molar-refractivity contribution in [1.29, 1.82) is 0 Å². The first-order chi connectivity index (χ1) is 12.2. The first-order valence-electron chi connectivity index (χ1n) is 7.42. The molecule has 0 radical (unpaired) electrons. The molecule has 0 unspecified atom stereocenters. The van der Waals surface area contributed by atoms with E-state index < -0.39 is 0 Å². The molecular weight excluding hydrogens is 382 g/mol. The number of thiophene rings is 1. The number of hydrogen-bond donors (Lipinski definition) is 0. The van der Waals surface area contributed by atoms with Crippen LogP contribution in [0.3, 0.4) is 0 Å². The number of aromatic nitrogens is 5. The third kappa shape index (κ3) is 3.35. The van der Waals surface area contributed by atoms with Gasteiger partial charge in [0.05, 0.1) is 21.2 Å². The molecule has 0 aliphatic heterocycles. The lowest BCUT2D eigenvalue weighted by atomic mass is 10.4. The van der Waals surface area contributed by atoms with E-state index in [1.807, 2.05) is 29.7 Å². The van der Waals surface area contributed by atoms with Gasteiger partial charge in [0.2, 0.25) is 0 Å². The highest BCUT2D eigenvalue weighted by Crippen LogP contribution is 2.31. The van der Waals surface area contributed by atoms with Crippen molar-refractivity contribution in [3.8, 4) is 22.4 Å². The summed E-state index contributed by atoms with van der Waals surface area (Å²) in [5, 5.41) is 13.2. The van der Waals surface area contributed by atoms with E-state index in [0.717, 1.165) is 16.6 Å². The second-order valence-corrected chi connectivity index (χ2v) is 7.59. The van der Waals surface area contributed by atoms with E-state index in [9.17, 15) is 0 Å². The van der Waals surface area contributed by atoms with Gasteiger partial charge in [0.15, 0.2) is 22.6 Å². The number of halogens is 1. The molecule has 0 bridgehead atoms. The summed E-state index contributed by atoms with van der Waals surface area (Å²) in [5.41, 5.74) is 0. The number of hydrogen-bond acceptors (Lipinski definition) is 8. The van der Waals surface area contributed by atoms with Crippen LogP contribution in [0.4, 0.5) is 0 Å². The molecule has 0 spiro atoms. The molecule has 4 rings (SSSR count). The van der Waals surface area contributed by atoms with Crippen molar-refractivity contribution in [3.05, 3.63) is 40.7 Å². The van der Waals surface area contributed by atoms with Crippen molar-refractivity contribution in [1.82, 2.24) is 24.9 Å². The maximum Gasteiger partial charge on any atom is 0.268 e. The number of rotatable bonds is 6. The van der Waals surface area contributed by atoms with Gasteiger partial charge < -0.3 is 8.94 Å². The van der Waals surface area contributed by atoms with Crippen molar-refractivity contribution >= 4 is 34.7 Å². The fraction of sp³-hybridized carbons (Fsp3) is 0.200. The van der Waals surface area contributed by atoms with E-state index >= 15 is 0 Å². The van der Waals surface area contributed by atoms with Crippen LogP contribution in [-0.4, -0.2) is 24.9 Å². The standard InChI is InChI=1S/C15H12ClN5O2S2/c1-2-21-13(9-4-3-7-22-9)18-19-15(21)24-8-12-17-14(23-20-12)10-5-6-11(16)25-10/h3-7H,2,8H2,1H3. The Balaban J connectivity index is 1.49. The van der Waals surface area contributed by atoms with Gasteiger partial charge in [0.25, 0.3) is 5.89 Å². The van der Waals surface area contributed by atoms with Gasteiger partial charge >= 0.3 is 0 Å². The molecule has 4 aromatic heterocycles. The zero-order valence-corrected chi connectivity index (χ0v) is 15.4. The minimum Gasteiger partial charge on any atom is -0.461 e. The van der Waals surface area contributed by atoms with E-state index in [1.54, 1.807) is 12.3 Å². The van der Waals surface area contributed by atoms with Crippen LogP contribution < -0.4 is 0 Å². The van der Waals surface area contributed by atoms with Crippen LogP contribution in [0.5, 0.6) is 0 Å². The maximum atomic E-state index is 5.94. The Morgan fingerprint density at radius 2 is 2.20 bits per heavy atom. The lowest BCUT2D eigenvalue weighted by Gasteiger charge is -2.04. The highest BCUT2D eigenvalue weighted by atomic mass is 35.5. The van der Waals surface area contributed by atoms with E-state index in [4.69, 9.17) is 20.5 Å². The van der Waals surface area contributed by atoms with E-state index in [1.165, 1.54) is 23.1 Å². The topological polar surface area (TPSA) is 82.8 Å². The summed E-state index contributed by atoms with van der Waals surface area (Å²) in [6.45, 7) is 2.77. The fourth-order valence-electron chi connectivity index (χ4n) is 2.24. The molecule has 0 atom stereocenters. The molecular formula is C15H12ClN5O2S2. The van der Waals surface area contributed by atoms with Crippen molar-refractivity contribution in [2.24, 2.45) is 0 Å². The Labute approximate surface area is 156 Å². The van der Waals surface area contributed by atoms with Crippen molar-refractivity contribution in [2.45, 2.75) is 24.4 Å². The second-order valence-electron chi connectivity index (χ2n) is 4.94. The molecule has 0 aliphatic carbocycles. The number of nitrogens with zero attached hydrogens (tertiary/aromatic N) is 5. The van der Waals surface area contributed by atoms with Crippen LogP contribution in [0.15, 0.2) is 44.6 Å². The molecule has 4 heterocycles. The van der Waals surface area contributed by atoms with E-state index in [2.05, 4.69) is 20.3 Å². The summed E-state index contributed by atoms with van der Waals surface area (Å²) in [6.07, 6.45) is 1.62. The van der Waals surface area contributed by atoms with Gasteiger partial charge in [-0.2, -0.15) is 4.98 Å². The van der Waals surface area contributed by atoms with Gasteiger partial charge in [-0.3, -0.25) is 4.57 Å². The van der Waals surface area contributed by atoms with Gasteiger partial charge in [-0.1, -0.05) is 28.5 Å². The largest absolute Gasteiger partial charge is 0.461 e. The molecule has 0 saturated heterocycles. The van der Waals surface area contributed by atoms with Crippen molar-refractivity contribution in [3.63, 3.8) is 0 Å². The van der Waals surface area contributed by atoms with Gasteiger partial charge in [0, 0.05) is 6.54 Å². The minimum absolute atomic E-state index is 0.473. The Kier molecular flexibility index (Phi) is 4.60. The fourth-order valence-corrected chi connectivity index (χ4v) is 4.05. The number of thioether (sulfide) groups is 1. The summed E-state index contributed by atoms with van der Waals surface area (Å²) in [6, 6.07) is 7.36. The molecule has 0 amide bonds. The highest BCUT2D eigenvalue weighted by Gasteiger charge is 2.17. The van der Waals surface area contributed by atoms with Crippen LogP contribution in [-0.2, 0) is 12.3 Å². The normalized spacial score (nSPS) is 11.3. The van der Waals surface area contributed by atoms with Crippen LogP contribution in [0.25, 0.3) is 22.4 Å². The number of furan rings is 1. The van der Waals surface area contributed by atoms with Gasteiger partial charge in [-0.15, -0.1) is 21.5 Å². The zero-order valence-electron chi connectivity index (χ0n) is 13.0. The summed E-state index contributed by atoms with van der Waals surface area (Å²) < 4.78 is 13.4. The van der Waals surface area contributed by atoms with Crippen LogP contribution in [0.1, 0.15) is 12.7 Å². The average molecular weight is 394 g/mol. The lowest BCUT2D eigenvalue weighted by Crippen LogP contribution is -1.99. The molecule has 7 nitrogen and oxygen atoms in total. The summed E-state index contributed by atoms with van der Waals surface area (Å²) >= 11 is 8.83. The molecule has 10 heteroatoms. The van der Waals surface area contributed by atoms with Gasteiger partial charge in [-0.05, 0) is 31.2 Å². The smallest absolute Gasteiger partial charge is 0.268 e. The first kappa shape index (κ1) is 16.4. The molecule has 0 N–H and O–H groups in total. The molecule has 25 heavy (non-hydrogen) atoms. The summed E-state index contributed by atoms with van der Waals surface area (Å²) in [5.74, 6) is 2.99. The first-order valence-corrected chi connectivity index (χ1v) is 9.60. The summed E-state index contributed by atoms with van der Waals surface area (Å²) in [4.78, 5) is 5.25. The zero-order chi connectivity index (χ0) is 17.2. The van der Waals surface area contributed by atoms with Crippen LogP contribution >= 0.6 is 34.7 Å². The molecule has 128 valence electrons. The molecule has 4 aromatic rings. The van der Waals surface area contributed by atoms with E-state index in [-0.39, 0.29) is 0 Å². The maximum absolute atomic E-state index is 5.94.